The first-order valence-corrected chi connectivity index (χ1v) is 6.03. The van der Waals surface area contributed by atoms with Crippen LogP contribution in [-0.4, -0.2) is 29.9 Å². The molecular weight excluding hydrogens is 230 g/mol. The Kier molecular flexibility index (Phi) is 3.23. The van der Waals surface area contributed by atoms with Crippen LogP contribution in [0.15, 0.2) is 24.3 Å². The smallest absolute Gasteiger partial charge is 0.331 e. The minimum Gasteiger partial charge on any atom is -0.399 e. The number of nitrogens with zero attached hydrogens (tertiary/aromatic N) is 2. The fraction of sp³-hybridized carbons (Fsp3) is 0.385. The first kappa shape index (κ1) is 12.4. The van der Waals surface area contributed by atoms with Crippen molar-refractivity contribution in [3.05, 3.63) is 24.3 Å². The van der Waals surface area contributed by atoms with E-state index in [0.717, 1.165) is 0 Å². The van der Waals surface area contributed by atoms with E-state index >= 15 is 0 Å². The van der Waals surface area contributed by atoms with Gasteiger partial charge in [0.1, 0.15) is 0 Å². The zero-order chi connectivity index (χ0) is 13.3. The van der Waals surface area contributed by atoms with Gasteiger partial charge in [-0.2, -0.15) is 0 Å². The molecule has 18 heavy (non-hydrogen) atoms. The summed E-state index contributed by atoms with van der Waals surface area (Å²) < 4.78 is 0. The fourth-order valence-electron chi connectivity index (χ4n) is 2.11. The molecule has 2 rings (SSSR count). The third-order valence-electron chi connectivity index (χ3n) is 3.11. The van der Waals surface area contributed by atoms with Gasteiger partial charge in [0.05, 0.1) is 11.6 Å². The van der Waals surface area contributed by atoms with E-state index in [1.54, 1.807) is 29.2 Å². The Morgan fingerprint density at radius 3 is 2.72 bits per heavy atom. The average Bonchev–Trinajstić information content (AvgIpc) is 2.34. The first-order chi connectivity index (χ1) is 8.54. The predicted molar refractivity (Wildman–Crippen MR) is 70.1 cm³/mol. The van der Waals surface area contributed by atoms with Gasteiger partial charge in [0.2, 0.25) is 5.91 Å². The van der Waals surface area contributed by atoms with Crippen molar-refractivity contribution < 1.29 is 9.59 Å². The molecule has 0 radical (unpaired) electrons. The van der Waals surface area contributed by atoms with Crippen LogP contribution in [-0.2, 0) is 4.79 Å². The molecule has 0 spiro atoms. The molecule has 0 aliphatic carbocycles. The van der Waals surface area contributed by atoms with Crippen molar-refractivity contribution in [2.24, 2.45) is 5.92 Å². The lowest BCUT2D eigenvalue weighted by molar-refractivity contribution is -0.122. The summed E-state index contributed by atoms with van der Waals surface area (Å²) in [6.07, 6.45) is 0. The van der Waals surface area contributed by atoms with Crippen LogP contribution in [0.3, 0.4) is 0 Å². The number of urea groups is 1. The van der Waals surface area contributed by atoms with Gasteiger partial charge < -0.3 is 10.6 Å². The number of nitrogens with two attached hydrogens (primary N) is 1. The molecule has 1 heterocycles. The molecular formula is C13H17N3O2. The molecule has 0 saturated carbocycles. The summed E-state index contributed by atoms with van der Waals surface area (Å²) in [5.41, 5.74) is 6.77. The van der Waals surface area contributed by atoms with E-state index < -0.39 is 0 Å². The number of anilines is 2. The number of amides is 3. The number of imide groups is 1. The quantitative estimate of drug-likeness (QED) is 0.809. The van der Waals surface area contributed by atoms with Crippen molar-refractivity contribution in [1.82, 2.24) is 4.90 Å². The van der Waals surface area contributed by atoms with Crippen LogP contribution in [0, 0.1) is 5.92 Å². The molecule has 0 bridgehead atoms. The Morgan fingerprint density at radius 2 is 2.11 bits per heavy atom. The summed E-state index contributed by atoms with van der Waals surface area (Å²) in [6.45, 7) is 4.80. The molecule has 1 aliphatic heterocycles. The summed E-state index contributed by atoms with van der Waals surface area (Å²) >= 11 is 0. The molecule has 1 aliphatic rings. The minimum absolute atomic E-state index is 0.171. The van der Waals surface area contributed by atoms with E-state index in [-0.39, 0.29) is 17.9 Å². The van der Waals surface area contributed by atoms with Crippen LogP contribution in [0.25, 0.3) is 0 Å². The van der Waals surface area contributed by atoms with Crippen molar-refractivity contribution >= 4 is 23.3 Å². The van der Waals surface area contributed by atoms with Crippen LogP contribution in [0.1, 0.15) is 13.8 Å². The number of hydrogen-bond donors (Lipinski definition) is 1. The van der Waals surface area contributed by atoms with E-state index in [1.807, 2.05) is 13.8 Å². The van der Waals surface area contributed by atoms with E-state index in [0.29, 0.717) is 24.5 Å². The maximum atomic E-state index is 12.2. The molecule has 5 nitrogen and oxygen atoms in total. The highest BCUT2D eigenvalue weighted by atomic mass is 16.2. The zero-order valence-electron chi connectivity index (χ0n) is 10.6. The standard InChI is InChI=1S/C13H17N3O2/c1-3-15-8-9(2)12(17)16(13(15)18)11-6-4-5-10(14)7-11/h4-7,9H,3,8,14H2,1-2H3. The molecule has 1 aromatic carbocycles. The minimum atomic E-state index is -0.272. The summed E-state index contributed by atoms with van der Waals surface area (Å²) in [4.78, 5) is 27.2. The van der Waals surface area contributed by atoms with E-state index in [2.05, 4.69) is 0 Å². The van der Waals surface area contributed by atoms with Gasteiger partial charge in [-0.25, -0.2) is 9.69 Å². The van der Waals surface area contributed by atoms with Crippen molar-refractivity contribution in [3.63, 3.8) is 0 Å². The Morgan fingerprint density at radius 1 is 1.39 bits per heavy atom. The van der Waals surface area contributed by atoms with Gasteiger partial charge in [-0.3, -0.25) is 4.79 Å². The maximum absolute atomic E-state index is 12.2. The molecule has 5 heteroatoms. The number of hydrogen-bond acceptors (Lipinski definition) is 3. The average molecular weight is 247 g/mol. The predicted octanol–water partition coefficient (Wildman–Crippen LogP) is 1.69. The highest BCUT2D eigenvalue weighted by Crippen LogP contribution is 2.25. The second-order valence-electron chi connectivity index (χ2n) is 4.49. The lowest BCUT2D eigenvalue weighted by Gasteiger charge is -2.36. The Labute approximate surface area is 106 Å². The Hall–Kier alpha value is -2.04. The first-order valence-electron chi connectivity index (χ1n) is 6.03. The number of carbonyl (C=O) groups excluding carboxylic acids is 2. The van der Waals surface area contributed by atoms with Crippen LogP contribution in [0.4, 0.5) is 16.2 Å². The number of carbonyl (C=O) groups is 2. The van der Waals surface area contributed by atoms with Gasteiger partial charge in [0.15, 0.2) is 0 Å². The second kappa shape index (κ2) is 4.68. The molecule has 1 unspecified atom stereocenters. The van der Waals surface area contributed by atoms with Crippen LogP contribution in [0.5, 0.6) is 0 Å². The fourth-order valence-corrected chi connectivity index (χ4v) is 2.11. The number of rotatable bonds is 2. The second-order valence-corrected chi connectivity index (χ2v) is 4.49. The van der Waals surface area contributed by atoms with Crippen molar-refractivity contribution in [3.8, 4) is 0 Å². The molecule has 1 atom stereocenters. The topological polar surface area (TPSA) is 66.6 Å². The summed E-state index contributed by atoms with van der Waals surface area (Å²) in [5.74, 6) is -0.362. The largest absolute Gasteiger partial charge is 0.399 e. The zero-order valence-corrected chi connectivity index (χ0v) is 10.6. The summed E-state index contributed by atoms with van der Waals surface area (Å²) in [7, 11) is 0. The van der Waals surface area contributed by atoms with Gasteiger partial charge in [-0.05, 0) is 25.1 Å². The maximum Gasteiger partial charge on any atom is 0.331 e. The molecule has 0 aromatic heterocycles. The Bertz CT molecular complexity index is 487. The molecule has 3 amide bonds. The highest BCUT2D eigenvalue weighted by Gasteiger charge is 2.37. The van der Waals surface area contributed by atoms with Gasteiger partial charge in [-0.15, -0.1) is 0 Å². The lowest BCUT2D eigenvalue weighted by Crippen LogP contribution is -2.56. The van der Waals surface area contributed by atoms with Gasteiger partial charge in [-0.1, -0.05) is 13.0 Å². The monoisotopic (exact) mass is 247 g/mol. The molecule has 96 valence electrons. The van der Waals surface area contributed by atoms with Gasteiger partial charge in [0.25, 0.3) is 0 Å². The molecule has 2 N–H and O–H groups in total. The number of benzene rings is 1. The molecule has 1 saturated heterocycles. The van der Waals surface area contributed by atoms with Crippen LogP contribution < -0.4 is 10.6 Å². The SMILES string of the molecule is CCN1CC(C)C(=O)N(c2cccc(N)c2)C1=O. The Balaban J connectivity index is 2.39. The van der Waals surface area contributed by atoms with E-state index in [1.165, 1.54) is 4.90 Å². The third-order valence-corrected chi connectivity index (χ3v) is 3.11. The van der Waals surface area contributed by atoms with Crippen molar-refractivity contribution in [1.29, 1.82) is 0 Å². The van der Waals surface area contributed by atoms with E-state index in [9.17, 15) is 9.59 Å². The van der Waals surface area contributed by atoms with Crippen molar-refractivity contribution in [2.75, 3.05) is 23.7 Å². The normalized spacial score (nSPS) is 20.4. The van der Waals surface area contributed by atoms with Crippen LogP contribution in [0.2, 0.25) is 0 Å². The highest BCUT2D eigenvalue weighted by molar-refractivity contribution is 6.16. The van der Waals surface area contributed by atoms with Crippen LogP contribution >= 0.6 is 0 Å². The molecule has 1 aromatic rings. The molecule has 1 fully saturated rings. The van der Waals surface area contributed by atoms with Gasteiger partial charge in [0, 0.05) is 18.8 Å². The van der Waals surface area contributed by atoms with Crippen molar-refractivity contribution in [2.45, 2.75) is 13.8 Å². The number of nitrogen functional groups attached to an aromatic ring is 1. The van der Waals surface area contributed by atoms with E-state index in [4.69, 9.17) is 5.73 Å². The third kappa shape index (κ3) is 2.03. The van der Waals surface area contributed by atoms with Gasteiger partial charge >= 0.3 is 6.03 Å². The lowest BCUT2D eigenvalue weighted by atomic mass is 10.1. The summed E-state index contributed by atoms with van der Waals surface area (Å²) in [5, 5.41) is 0. The summed E-state index contributed by atoms with van der Waals surface area (Å²) in [6, 6.07) is 6.55.